The average molecular weight is 369 g/mol. The Balaban J connectivity index is 1.94. The van der Waals surface area contributed by atoms with Gasteiger partial charge in [0, 0.05) is 12.1 Å². The summed E-state index contributed by atoms with van der Waals surface area (Å²) in [5.41, 5.74) is 3.56. The summed E-state index contributed by atoms with van der Waals surface area (Å²) < 4.78 is 7.15. The first-order valence-corrected chi connectivity index (χ1v) is 9.65. The fraction of sp³-hybridized carbons (Fsp3) is 0.476. The second kappa shape index (κ2) is 8.37. The zero-order valence-corrected chi connectivity index (χ0v) is 16.2. The van der Waals surface area contributed by atoms with E-state index in [-0.39, 0.29) is 12.5 Å². The van der Waals surface area contributed by atoms with Crippen molar-refractivity contribution < 1.29 is 14.3 Å². The number of hydrogen-bond acceptors (Lipinski definition) is 4. The van der Waals surface area contributed by atoms with Crippen molar-refractivity contribution in [2.75, 3.05) is 6.61 Å². The lowest BCUT2D eigenvalue weighted by atomic mass is 10.1. The molecule has 1 aromatic carbocycles. The van der Waals surface area contributed by atoms with E-state index in [1.807, 2.05) is 19.1 Å². The molecule has 1 aromatic heterocycles. The van der Waals surface area contributed by atoms with Gasteiger partial charge in [-0.15, -0.1) is 0 Å². The van der Waals surface area contributed by atoms with Gasteiger partial charge >= 0.3 is 5.97 Å². The van der Waals surface area contributed by atoms with Gasteiger partial charge in [0.15, 0.2) is 0 Å². The highest BCUT2D eigenvalue weighted by molar-refractivity contribution is 5.96. The summed E-state index contributed by atoms with van der Waals surface area (Å²) in [5, 5.41) is 2.74. The molecular weight excluding hydrogens is 342 g/mol. The van der Waals surface area contributed by atoms with Crippen LogP contribution >= 0.6 is 0 Å². The Morgan fingerprint density at radius 2 is 1.96 bits per heavy atom. The monoisotopic (exact) mass is 369 g/mol. The van der Waals surface area contributed by atoms with E-state index in [1.54, 1.807) is 13.8 Å². The fourth-order valence-electron chi connectivity index (χ4n) is 3.42. The highest BCUT2D eigenvalue weighted by Crippen LogP contribution is 2.27. The molecule has 0 spiro atoms. The number of hydrogen-bond donors (Lipinski definition) is 1. The van der Waals surface area contributed by atoms with Crippen LogP contribution in [0.5, 0.6) is 0 Å². The lowest BCUT2D eigenvalue weighted by Gasteiger charge is -2.12. The molecule has 6 heteroatoms. The molecule has 3 rings (SSSR count). The third-order valence-electron chi connectivity index (χ3n) is 4.88. The highest BCUT2D eigenvalue weighted by Gasteiger charge is 2.26. The molecule has 144 valence electrons. The number of carbonyl (C=O) groups excluding carboxylic acids is 2. The fourth-order valence-corrected chi connectivity index (χ4v) is 3.42. The first kappa shape index (κ1) is 19.1. The molecule has 1 amide bonds. The zero-order chi connectivity index (χ0) is 19.4. The van der Waals surface area contributed by atoms with E-state index in [1.165, 1.54) is 5.56 Å². The molecule has 0 fully saturated rings. The molecule has 1 atom stereocenters. The van der Waals surface area contributed by atoms with E-state index in [9.17, 15) is 9.59 Å². The van der Waals surface area contributed by atoms with Crippen molar-refractivity contribution in [3.8, 4) is 11.4 Å². The Morgan fingerprint density at radius 1 is 1.22 bits per heavy atom. The van der Waals surface area contributed by atoms with Crippen molar-refractivity contribution in [3.63, 3.8) is 0 Å². The van der Waals surface area contributed by atoms with Crippen LogP contribution in [0, 0.1) is 6.92 Å². The van der Waals surface area contributed by atoms with Crippen LogP contribution in [0.3, 0.4) is 0 Å². The average Bonchev–Trinajstić information content (AvgIpc) is 2.84. The van der Waals surface area contributed by atoms with Crippen molar-refractivity contribution in [2.45, 2.75) is 59.0 Å². The third kappa shape index (κ3) is 4.21. The van der Waals surface area contributed by atoms with Crippen LogP contribution in [-0.2, 0) is 22.5 Å². The lowest BCUT2D eigenvalue weighted by Crippen LogP contribution is -2.40. The Kier molecular flexibility index (Phi) is 5.94. The normalized spacial score (nSPS) is 14.8. The Labute approximate surface area is 159 Å². The third-order valence-corrected chi connectivity index (χ3v) is 4.88. The minimum Gasteiger partial charge on any atom is -0.464 e. The van der Waals surface area contributed by atoms with Gasteiger partial charge < -0.3 is 14.6 Å². The molecule has 2 aromatic rings. The largest absolute Gasteiger partial charge is 0.464 e. The first-order valence-electron chi connectivity index (χ1n) is 9.65. The number of benzene rings is 1. The zero-order valence-electron chi connectivity index (χ0n) is 16.2. The number of rotatable bonds is 5. The molecule has 27 heavy (non-hydrogen) atoms. The van der Waals surface area contributed by atoms with Gasteiger partial charge in [0.2, 0.25) is 0 Å². The summed E-state index contributed by atoms with van der Waals surface area (Å²) in [6, 6.07) is 7.48. The predicted molar refractivity (Wildman–Crippen MR) is 104 cm³/mol. The maximum atomic E-state index is 12.9. The van der Waals surface area contributed by atoms with Crippen LogP contribution in [0.4, 0.5) is 0 Å². The smallest absolute Gasteiger partial charge is 0.328 e. The van der Waals surface area contributed by atoms with Crippen LogP contribution in [-0.4, -0.2) is 34.1 Å². The SMILES string of the molecule is CCOC(=O)[C@@H](C)NC(=O)c1nc(-c2ccc(C)cc2)n2c1CCCCC2. The number of amides is 1. The number of carbonyl (C=O) groups is 2. The number of nitrogens with one attached hydrogen (secondary N) is 1. The molecule has 0 saturated carbocycles. The Hall–Kier alpha value is -2.63. The van der Waals surface area contributed by atoms with Crippen LogP contribution in [0.25, 0.3) is 11.4 Å². The van der Waals surface area contributed by atoms with Crippen LogP contribution in [0.2, 0.25) is 0 Å². The second-order valence-corrected chi connectivity index (χ2v) is 7.01. The molecule has 1 N–H and O–H groups in total. The summed E-state index contributed by atoms with van der Waals surface area (Å²) in [5.74, 6) is 0.0651. The van der Waals surface area contributed by atoms with Gasteiger partial charge in [-0.3, -0.25) is 4.79 Å². The second-order valence-electron chi connectivity index (χ2n) is 7.01. The van der Waals surface area contributed by atoms with Gasteiger partial charge in [-0.05, 0) is 40.0 Å². The Bertz CT molecular complexity index is 824. The molecule has 0 saturated heterocycles. The number of fused-ring (bicyclic) bond motifs is 1. The molecule has 1 aliphatic heterocycles. The van der Waals surface area contributed by atoms with Gasteiger partial charge in [0.1, 0.15) is 17.6 Å². The summed E-state index contributed by atoms with van der Waals surface area (Å²) in [4.78, 5) is 29.4. The summed E-state index contributed by atoms with van der Waals surface area (Å²) >= 11 is 0. The maximum Gasteiger partial charge on any atom is 0.328 e. The van der Waals surface area contributed by atoms with Crippen LogP contribution < -0.4 is 5.32 Å². The molecule has 0 aliphatic carbocycles. The van der Waals surface area contributed by atoms with E-state index in [4.69, 9.17) is 9.72 Å². The molecular formula is C21H27N3O3. The molecule has 6 nitrogen and oxygen atoms in total. The van der Waals surface area contributed by atoms with E-state index >= 15 is 0 Å². The minimum absolute atomic E-state index is 0.288. The minimum atomic E-state index is -0.705. The highest BCUT2D eigenvalue weighted by atomic mass is 16.5. The van der Waals surface area contributed by atoms with Crippen LogP contribution in [0.15, 0.2) is 24.3 Å². The number of aryl methyl sites for hydroxylation is 1. The van der Waals surface area contributed by atoms with E-state index in [0.29, 0.717) is 5.69 Å². The van der Waals surface area contributed by atoms with Crippen LogP contribution in [0.1, 0.15) is 54.9 Å². The first-order chi connectivity index (χ1) is 13.0. The van der Waals surface area contributed by atoms with Gasteiger partial charge in [-0.25, -0.2) is 9.78 Å². The lowest BCUT2D eigenvalue weighted by molar-refractivity contribution is -0.144. The molecule has 0 radical (unpaired) electrons. The van der Waals surface area contributed by atoms with Crippen molar-refractivity contribution >= 4 is 11.9 Å². The van der Waals surface area contributed by atoms with Gasteiger partial charge in [-0.2, -0.15) is 0 Å². The molecule has 1 aliphatic rings. The quantitative estimate of drug-likeness (QED) is 0.821. The van der Waals surface area contributed by atoms with Gasteiger partial charge in [0.25, 0.3) is 5.91 Å². The molecule has 0 bridgehead atoms. The van der Waals surface area contributed by atoms with Crippen molar-refractivity contribution in [2.24, 2.45) is 0 Å². The number of nitrogens with zero attached hydrogens (tertiary/aromatic N) is 2. The molecule has 0 unspecified atom stereocenters. The van der Waals surface area contributed by atoms with Gasteiger partial charge in [0.05, 0.1) is 12.3 Å². The van der Waals surface area contributed by atoms with Crippen molar-refractivity contribution in [1.29, 1.82) is 0 Å². The summed E-state index contributed by atoms with van der Waals surface area (Å²) in [6.45, 7) is 6.56. The van der Waals surface area contributed by atoms with E-state index < -0.39 is 12.0 Å². The van der Waals surface area contributed by atoms with Gasteiger partial charge in [-0.1, -0.05) is 36.2 Å². The maximum absolute atomic E-state index is 12.9. The van der Waals surface area contributed by atoms with E-state index in [2.05, 4.69) is 22.0 Å². The summed E-state index contributed by atoms with van der Waals surface area (Å²) in [7, 11) is 0. The number of esters is 1. The predicted octanol–water partition coefficient (Wildman–Crippen LogP) is 3.27. The van der Waals surface area contributed by atoms with Crippen molar-refractivity contribution in [3.05, 3.63) is 41.2 Å². The Morgan fingerprint density at radius 3 is 2.67 bits per heavy atom. The summed E-state index contributed by atoms with van der Waals surface area (Å²) in [6.07, 6.45) is 4.06. The molecule has 2 heterocycles. The number of aromatic nitrogens is 2. The van der Waals surface area contributed by atoms with Crippen molar-refractivity contribution in [1.82, 2.24) is 14.9 Å². The van der Waals surface area contributed by atoms with E-state index in [0.717, 1.165) is 49.3 Å². The number of ether oxygens (including phenoxy) is 1. The number of imidazole rings is 1. The standard InChI is InChI=1S/C21H27N3O3/c1-4-27-21(26)15(3)22-20(25)18-17-8-6-5-7-13-24(17)19(23-18)16-11-9-14(2)10-12-16/h9-12,15H,4-8,13H2,1-3H3,(H,22,25)/t15-/m1/s1. The topological polar surface area (TPSA) is 73.2 Å².